The molecule has 0 atom stereocenters. The molecule has 3 aliphatic rings. The van der Waals surface area contributed by atoms with E-state index in [-0.39, 0.29) is 22.4 Å². The molecule has 4 aromatic carbocycles. The van der Waals surface area contributed by atoms with Crippen LogP contribution >= 0.6 is 0 Å². The fourth-order valence-electron chi connectivity index (χ4n) is 8.84. The van der Waals surface area contributed by atoms with Gasteiger partial charge >= 0.3 is 0 Å². The first-order valence-electron chi connectivity index (χ1n) is 19.0. The topological polar surface area (TPSA) is 46.4 Å². The lowest BCUT2D eigenvalue weighted by molar-refractivity contribution is -0.438. The van der Waals surface area contributed by atoms with Crippen LogP contribution < -0.4 is 10.0 Å². The van der Waals surface area contributed by atoms with Gasteiger partial charge in [0.05, 0.1) is 5.41 Å². The number of nitrogens with zero attached hydrogens (tertiary/aromatic N) is 2. The summed E-state index contributed by atoms with van der Waals surface area (Å²) in [6.45, 7) is 15.2. The van der Waals surface area contributed by atoms with Gasteiger partial charge < -0.3 is 10.0 Å². The minimum atomic E-state index is -0.367. The number of unbranched alkanes of at least 4 members (excludes halogenated alkanes) is 6. The predicted molar refractivity (Wildman–Crippen MR) is 208 cm³/mol. The Kier molecular flexibility index (Phi) is 9.09. The van der Waals surface area contributed by atoms with E-state index in [1.165, 1.54) is 69.7 Å². The zero-order valence-electron chi connectivity index (χ0n) is 30.9. The van der Waals surface area contributed by atoms with Gasteiger partial charge in [0.2, 0.25) is 5.69 Å². The smallest absolute Gasteiger partial charge is 0.210 e. The Morgan fingerprint density at radius 2 is 1.32 bits per heavy atom. The highest BCUT2D eigenvalue weighted by molar-refractivity contribution is 6.24. The molecule has 50 heavy (non-hydrogen) atoms. The van der Waals surface area contributed by atoms with Crippen LogP contribution in [0.2, 0.25) is 0 Å². The van der Waals surface area contributed by atoms with E-state index in [1.54, 1.807) is 0 Å². The number of carbonyl (C=O) groups is 1. The summed E-state index contributed by atoms with van der Waals surface area (Å²) in [6, 6.07) is 26.0. The molecular formula is C46H52N2O2. The Balaban J connectivity index is 1.31. The first-order valence-corrected chi connectivity index (χ1v) is 19.0. The van der Waals surface area contributed by atoms with E-state index >= 15 is 0 Å². The summed E-state index contributed by atoms with van der Waals surface area (Å²) >= 11 is 0. The molecule has 2 heterocycles. The van der Waals surface area contributed by atoms with Gasteiger partial charge in [0, 0.05) is 58.6 Å². The average Bonchev–Trinajstić information content (AvgIpc) is 3.47. The van der Waals surface area contributed by atoms with Crippen molar-refractivity contribution in [3.05, 3.63) is 119 Å². The summed E-state index contributed by atoms with van der Waals surface area (Å²) in [5.41, 5.74) is 6.91. The molecular weight excluding hydrogens is 613 g/mol. The molecule has 0 aromatic heterocycles. The van der Waals surface area contributed by atoms with Crippen molar-refractivity contribution in [3.63, 3.8) is 0 Å². The van der Waals surface area contributed by atoms with Crippen molar-refractivity contribution in [2.24, 2.45) is 0 Å². The lowest BCUT2D eigenvalue weighted by Gasteiger charge is -2.33. The second-order valence-corrected chi connectivity index (χ2v) is 15.6. The third-order valence-electron chi connectivity index (χ3n) is 11.5. The van der Waals surface area contributed by atoms with E-state index in [1.807, 2.05) is 12.2 Å². The van der Waals surface area contributed by atoms with E-state index in [9.17, 15) is 9.90 Å². The largest absolute Gasteiger partial charge is 0.871 e. The Morgan fingerprint density at radius 1 is 0.700 bits per heavy atom. The number of hydrogen-bond acceptors (Lipinski definition) is 3. The van der Waals surface area contributed by atoms with Crippen molar-refractivity contribution < 1.29 is 14.5 Å². The Morgan fingerprint density at radius 3 is 1.98 bits per heavy atom. The Hall–Kier alpha value is -4.44. The van der Waals surface area contributed by atoms with Gasteiger partial charge in [-0.05, 0) is 72.0 Å². The van der Waals surface area contributed by atoms with E-state index in [0.717, 1.165) is 50.2 Å². The van der Waals surface area contributed by atoms with Crippen molar-refractivity contribution in [1.29, 1.82) is 0 Å². The highest BCUT2D eigenvalue weighted by Gasteiger charge is 2.47. The number of fused-ring (bicyclic) bond motifs is 6. The molecule has 258 valence electrons. The van der Waals surface area contributed by atoms with Crippen LogP contribution in [0.5, 0.6) is 0 Å². The first kappa shape index (κ1) is 34.0. The predicted octanol–water partition coefficient (Wildman–Crippen LogP) is 10.3. The highest BCUT2D eigenvalue weighted by Crippen LogP contribution is 2.52. The highest BCUT2D eigenvalue weighted by atomic mass is 16.3. The molecule has 0 saturated carbocycles. The number of Topliss-reactive ketones (excluding diaryl/α,β-unsaturated/α-hetero) is 1. The van der Waals surface area contributed by atoms with Crippen molar-refractivity contribution in [1.82, 2.24) is 0 Å². The van der Waals surface area contributed by atoms with Crippen LogP contribution in [0.15, 0.2) is 108 Å². The summed E-state index contributed by atoms with van der Waals surface area (Å²) in [5, 5.41) is 19.0. The zero-order valence-corrected chi connectivity index (χ0v) is 30.9. The monoisotopic (exact) mass is 664 g/mol. The van der Waals surface area contributed by atoms with Crippen molar-refractivity contribution >= 4 is 44.4 Å². The summed E-state index contributed by atoms with van der Waals surface area (Å²) in [4.78, 5) is 16.5. The van der Waals surface area contributed by atoms with Gasteiger partial charge in [-0.1, -0.05) is 120 Å². The molecule has 2 aliphatic heterocycles. The lowest BCUT2D eigenvalue weighted by Crippen LogP contribution is -2.35. The van der Waals surface area contributed by atoms with Crippen molar-refractivity contribution in [2.75, 3.05) is 18.0 Å². The van der Waals surface area contributed by atoms with Crippen LogP contribution in [-0.2, 0) is 15.6 Å². The summed E-state index contributed by atoms with van der Waals surface area (Å²) in [7, 11) is 0. The molecule has 0 bridgehead atoms. The van der Waals surface area contributed by atoms with Crippen LogP contribution in [0.3, 0.4) is 0 Å². The van der Waals surface area contributed by atoms with E-state index in [4.69, 9.17) is 0 Å². The molecule has 0 N–H and O–H groups in total. The van der Waals surface area contributed by atoms with Crippen LogP contribution in [0.1, 0.15) is 104 Å². The number of carbonyl (C=O) groups excluding carboxylic acids is 1. The van der Waals surface area contributed by atoms with Crippen molar-refractivity contribution in [2.45, 2.75) is 104 Å². The van der Waals surface area contributed by atoms with Crippen LogP contribution in [0.25, 0.3) is 21.5 Å². The maximum atomic E-state index is 14.1. The van der Waals surface area contributed by atoms with E-state index < -0.39 is 0 Å². The SMILES string of the molecule is CCCCCCN1/C(=C/C2=C([O-])C(=C/C3=[N+](CCCCCC)c4ccc5ccccc5c4C3(C)C)/C2=O)C(C)(C)c2c1ccc1ccccc21. The van der Waals surface area contributed by atoms with Gasteiger partial charge in [0.1, 0.15) is 6.54 Å². The van der Waals surface area contributed by atoms with Gasteiger partial charge in [-0.15, -0.1) is 0 Å². The summed E-state index contributed by atoms with van der Waals surface area (Å²) in [5.74, 6) is -0.278. The summed E-state index contributed by atoms with van der Waals surface area (Å²) < 4.78 is 2.39. The quantitative estimate of drug-likeness (QED) is 0.0860. The second kappa shape index (κ2) is 13.4. The molecule has 0 radical (unpaired) electrons. The number of allylic oxidation sites excluding steroid dienone is 5. The first-order chi connectivity index (χ1) is 24.1. The molecule has 4 heteroatoms. The molecule has 0 unspecified atom stereocenters. The molecule has 1 aliphatic carbocycles. The number of hydrogen-bond donors (Lipinski definition) is 0. The Labute approximate surface area is 298 Å². The molecule has 0 amide bonds. The van der Waals surface area contributed by atoms with Gasteiger partial charge in [-0.2, -0.15) is 4.58 Å². The van der Waals surface area contributed by atoms with Crippen LogP contribution in [0.4, 0.5) is 11.4 Å². The maximum absolute atomic E-state index is 14.1. The molecule has 0 fully saturated rings. The lowest BCUT2D eigenvalue weighted by atomic mass is 9.76. The standard InChI is InChI=1S/C46H52N2O2/c1-7-9-11-17-27-47-37-25-23-31-19-13-15-21-33(31)41(37)45(3,4)39(47)29-35-43(49)36(44(35)50)30-40-46(5,6)42-34-22-16-14-20-32(34)24-26-38(42)48(40)28-18-12-10-8-2/h13-16,19-26,29-30H,7-12,17-18,27-28H2,1-6H3. The second-order valence-electron chi connectivity index (χ2n) is 15.6. The number of ketones is 1. The third-order valence-corrected chi connectivity index (χ3v) is 11.5. The Bertz CT molecular complexity index is 2120. The van der Waals surface area contributed by atoms with E-state index in [2.05, 4.69) is 124 Å². The van der Waals surface area contributed by atoms with Gasteiger partial charge in [-0.3, -0.25) is 4.79 Å². The number of anilines is 1. The summed E-state index contributed by atoms with van der Waals surface area (Å²) in [6.07, 6.45) is 13.1. The normalized spacial score (nSPS) is 19.3. The maximum Gasteiger partial charge on any atom is 0.210 e. The molecule has 4 aromatic rings. The number of benzene rings is 4. The van der Waals surface area contributed by atoms with Crippen molar-refractivity contribution in [3.8, 4) is 0 Å². The molecule has 0 spiro atoms. The third kappa shape index (κ3) is 5.52. The van der Waals surface area contributed by atoms with Crippen LogP contribution in [0, 0.1) is 0 Å². The van der Waals surface area contributed by atoms with Gasteiger partial charge in [0.15, 0.2) is 11.5 Å². The number of rotatable bonds is 12. The van der Waals surface area contributed by atoms with E-state index in [0.29, 0.717) is 11.1 Å². The molecule has 4 nitrogen and oxygen atoms in total. The van der Waals surface area contributed by atoms with Gasteiger partial charge in [-0.25, -0.2) is 0 Å². The fraction of sp³-hybridized carbons (Fsp3) is 0.391. The minimum absolute atomic E-state index is 0.139. The fourth-order valence-corrected chi connectivity index (χ4v) is 8.84. The zero-order chi connectivity index (χ0) is 35.2. The minimum Gasteiger partial charge on any atom is -0.871 e. The van der Waals surface area contributed by atoms with Crippen LogP contribution in [-0.4, -0.2) is 29.2 Å². The molecule has 7 rings (SSSR count). The van der Waals surface area contributed by atoms with Gasteiger partial charge in [0.25, 0.3) is 0 Å². The average molecular weight is 665 g/mol. The molecule has 0 saturated heterocycles.